The third kappa shape index (κ3) is 17.1. The van der Waals surface area contributed by atoms with Crippen LogP contribution >= 0.6 is 91.0 Å². The van der Waals surface area contributed by atoms with Gasteiger partial charge in [0, 0.05) is 47.5 Å². The highest BCUT2D eigenvalue weighted by Gasteiger charge is 2.35. The van der Waals surface area contributed by atoms with E-state index in [-0.39, 0.29) is 18.3 Å². The minimum absolute atomic E-state index is 0. The third-order valence-corrected chi connectivity index (χ3v) is 11.9. The van der Waals surface area contributed by atoms with Gasteiger partial charge in [-0.3, -0.25) is 0 Å². The summed E-state index contributed by atoms with van der Waals surface area (Å²) >= 11 is 17.8. The molecule has 6 nitrogen and oxygen atoms in total. The Kier molecular flexibility index (Phi) is 24.7. The Morgan fingerprint density at radius 1 is 0.706 bits per heavy atom. The van der Waals surface area contributed by atoms with Crippen LogP contribution in [0.15, 0.2) is 72.8 Å². The maximum Gasteiger partial charge on any atom is 0.0846 e. The van der Waals surface area contributed by atoms with Crippen molar-refractivity contribution in [3.05, 3.63) is 100 Å². The Morgan fingerprint density at radius 2 is 1.10 bits per heavy atom. The summed E-state index contributed by atoms with van der Waals surface area (Å²) in [5.74, 6) is 1.38. The Bertz CT molecular complexity index is 1440. The molecule has 5 rings (SSSR count). The van der Waals surface area contributed by atoms with Gasteiger partial charge < -0.3 is 20.4 Å². The molecule has 0 aliphatic carbocycles. The van der Waals surface area contributed by atoms with Crippen molar-refractivity contribution in [2.24, 2.45) is 5.73 Å². The molecule has 51 heavy (non-hydrogen) atoms. The van der Waals surface area contributed by atoms with Crippen LogP contribution in [-0.4, -0.2) is 93.4 Å². The monoisotopic (exact) mass is 1070 g/mol. The molecule has 2 fully saturated rings. The van der Waals surface area contributed by atoms with E-state index in [9.17, 15) is 5.26 Å². The average Bonchev–Trinajstić information content (AvgIpc) is 3.12. The van der Waals surface area contributed by atoms with Crippen LogP contribution in [0.4, 0.5) is 0 Å². The summed E-state index contributed by atoms with van der Waals surface area (Å²) in [5.41, 5.74) is 9.69. The number of halogens is 5. The first-order valence-electron chi connectivity index (χ1n) is 16.9. The lowest BCUT2D eigenvalue weighted by atomic mass is 9.73. The van der Waals surface area contributed by atoms with Crippen LogP contribution in [0.2, 0.25) is 0 Å². The summed E-state index contributed by atoms with van der Waals surface area (Å²) < 4.78 is 3.73. The minimum Gasteiger partial charge on any atom is -0.330 e. The molecule has 3 aromatic carbocycles. The third-order valence-electron chi connectivity index (χ3n) is 9.37. The van der Waals surface area contributed by atoms with Gasteiger partial charge in [0.1, 0.15) is 0 Å². The second-order valence-electron chi connectivity index (χ2n) is 12.9. The molecule has 2 aliphatic rings. The van der Waals surface area contributed by atoms with Crippen molar-refractivity contribution in [2.45, 2.75) is 50.4 Å². The van der Waals surface area contributed by atoms with Crippen molar-refractivity contribution in [3.63, 3.8) is 0 Å². The fourth-order valence-corrected chi connectivity index (χ4v) is 7.44. The van der Waals surface area contributed by atoms with E-state index in [4.69, 9.17) is 34.2 Å². The Balaban J connectivity index is 0.000000351. The van der Waals surface area contributed by atoms with Gasteiger partial charge in [-0.15, -0.1) is 23.2 Å². The first kappa shape index (κ1) is 48.3. The smallest absolute Gasteiger partial charge is 0.0846 e. The molecule has 2 aliphatic heterocycles. The fourth-order valence-electron chi connectivity index (χ4n) is 5.79. The van der Waals surface area contributed by atoms with Crippen LogP contribution < -0.4 is 5.73 Å². The fraction of sp³-hybridized carbons (Fsp3) is 0.500. The lowest BCUT2D eigenvalue weighted by Gasteiger charge is -2.40. The van der Waals surface area contributed by atoms with Crippen LogP contribution in [0.1, 0.15) is 49.8 Å². The first-order valence-corrected chi connectivity index (χ1v) is 21.2. The number of nitrogens with zero attached hydrogens (tertiary/aromatic N) is 5. The molecule has 3 aromatic rings. The van der Waals surface area contributed by atoms with Gasteiger partial charge in [-0.05, 0) is 194 Å². The molecular formula is C40H55Cl2I3N6. The quantitative estimate of drug-likeness (QED) is 0.179. The maximum absolute atomic E-state index is 9.48. The Morgan fingerprint density at radius 3 is 1.47 bits per heavy atom. The zero-order valence-corrected chi connectivity index (χ0v) is 37.5. The number of likely N-dealkylation sites (tertiary alicyclic amines) is 2. The number of benzene rings is 3. The predicted molar refractivity (Wildman–Crippen MR) is 244 cm³/mol. The summed E-state index contributed by atoms with van der Waals surface area (Å²) in [6.07, 6.45) is 4.76. The highest BCUT2D eigenvalue weighted by molar-refractivity contribution is 14.1. The Hall–Kier alpha value is -0.750. The number of nitriles is 2. The molecule has 0 amide bonds. The molecule has 0 spiro atoms. The number of hydrogen-bond acceptors (Lipinski definition) is 6. The van der Waals surface area contributed by atoms with Gasteiger partial charge in [0.15, 0.2) is 0 Å². The summed E-state index contributed by atoms with van der Waals surface area (Å²) in [6, 6.07) is 29.9. The Labute approximate surface area is 359 Å². The largest absolute Gasteiger partial charge is 0.330 e. The van der Waals surface area contributed by atoms with Gasteiger partial charge in [-0.2, -0.15) is 10.5 Å². The lowest BCUT2D eigenvalue weighted by molar-refractivity contribution is 0.191. The van der Waals surface area contributed by atoms with E-state index in [2.05, 4.69) is 157 Å². The van der Waals surface area contributed by atoms with E-state index in [0.29, 0.717) is 18.2 Å². The van der Waals surface area contributed by atoms with Crippen molar-refractivity contribution >= 4 is 91.0 Å². The maximum atomic E-state index is 9.48. The zero-order chi connectivity index (χ0) is 37.0. The minimum atomic E-state index is -0.253. The van der Waals surface area contributed by atoms with E-state index in [0.717, 1.165) is 64.2 Å². The molecular weight excluding hydrogens is 1020 g/mol. The topological polar surface area (TPSA) is 83.3 Å². The van der Waals surface area contributed by atoms with Gasteiger partial charge in [0.05, 0.1) is 24.0 Å². The molecule has 0 saturated carbocycles. The van der Waals surface area contributed by atoms with Crippen molar-refractivity contribution in [2.75, 3.05) is 78.7 Å². The van der Waals surface area contributed by atoms with Crippen LogP contribution in [0, 0.1) is 33.4 Å². The summed E-state index contributed by atoms with van der Waals surface area (Å²) in [6.45, 7) is 6.95. The highest BCUT2D eigenvalue weighted by Crippen LogP contribution is 2.35. The van der Waals surface area contributed by atoms with E-state index in [1.165, 1.54) is 34.7 Å². The number of rotatable bonds is 8. The normalized spacial score (nSPS) is 16.3. The van der Waals surface area contributed by atoms with Gasteiger partial charge in [-0.25, -0.2) is 0 Å². The van der Waals surface area contributed by atoms with Crippen molar-refractivity contribution < 1.29 is 0 Å². The molecule has 0 atom stereocenters. The molecule has 2 saturated heterocycles. The van der Waals surface area contributed by atoms with Gasteiger partial charge >= 0.3 is 0 Å². The highest BCUT2D eigenvalue weighted by atomic mass is 127. The van der Waals surface area contributed by atoms with Crippen LogP contribution in [0.25, 0.3) is 0 Å². The van der Waals surface area contributed by atoms with Gasteiger partial charge in [0.25, 0.3) is 0 Å². The van der Waals surface area contributed by atoms with Gasteiger partial charge in [0.2, 0.25) is 0 Å². The average molecular weight is 1070 g/mol. The SMILES string of the molecule is C.CN(CCCl)CCCl.CN1CCC(C#N)(c2ccc(I)cc2)CC1.CN1CCC(CN)(c2ccc(I)cc2)CC1.N#CCc1ccc(I)cc1. The van der Waals surface area contributed by atoms with E-state index < -0.39 is 0 Å². The second-order valence-corrected chi connectivity index (χ2v) is 17.4. The van der Waals surface area contributed by atoms with Crippen LogP contribution in [0.3, 0.4) is 0 Å². The van der Waals surface area contributed by atoms with Crippen LogP contribution in [0.5, 0.6) is 0 Å². The molecule has 2 heterocycles. The molecule has 11 heteroatoms. The summed E-state index contributed by atoms with van der Waals surface area (Å²) in [7, 11) is 6.31. The standard InChI is InChI=1S/C13H19IN2.C13H15IN2.C8H6IN.C5H11Cl2N.CH4/c2*1-16-8-6-13(10-15,7-9-16)11-2-4-12(14)5-3-11;9-8-3-1-7(2-4-8)5-6-10;1-8(4-2-6)5-3-7;/h2-5H,6-10,15H2,1H3;2-5H,6-9H2,1H3;1-4H,5H2;2-5H2,1H3;1H4. The molecule has 0 unspecified atom stereocenters. The molecule has 0 aromatic heterocycles. The lowest BCUT2D eigenvalue weighted by Crippen LogP contribution is -2.45. The second kappa shape index (κ2) is 26.1. The number of nitrogens with two attached hydrogens (primary N) is 1. The molecule has 280 valence electrons. The number of hydrogen-bond donors (Lipinski definition) is 1. The predicted octanol–water partition coefficient (Wildman–Crippen LogP) is 9.38. The first-order chi connectivity index (χ1) is 24.0. The molecule has 0 bridgehead atoms. The van der Waals surface area contributed by atoms with Gasteiger partial charge in [-0.1, -0.05) is 43.8 Å². The van der Waals surface area contributed by atoms with Crippen molar-refractivity contribution in [1.29, 1.82) is 10.5 Å². The number of alkyl halides is 2. The molecule has 0 radical (unpaired) electrons. The molecule has 2 N–H and O–H groups in total. The van der Waals surface area contributed by atoms with Crippen LogP contribution in [-0.2, 0) is 17.3 Å². The number of piperidine rings is 2. The van der Waals surface area contributed by atoms with E-state index in [1.54, 1.807) is 0 Å². The summed E-state index contributed by atoms with van der Waals surface area (Å²) in [4.78, 5) is 6.78. The van der Waals surface area contributed by atoms with E-state index in [1.807, 2.05) is 31.3 Å². The van der Waals surface area contributed by atoms with Crippen molar-refractivity contribution in [3.8, 4) is 12.1 Å². The van der Waals surface area contributed by atoms with E-state index >= 15 is 0 Å². The summed E-state index contributed by atoms with van der Waals surface area (Å²) in [5, 5.41) is 17.8. The van der Waals surface area contributed by atoms with Crippen molar-refractivity contribution in [1.82, 2.24) is 14.7 Å². The zero-order valence-electron chi connectivity index (χ0n) is 29.5.